The van der Waals surface area contributed by atoms with Crippen LogP contribution in [0.5, 0.6) is 11.5 Å². The minimum Gasteiger partial charge on any atom is -0.451 e. The predicted octanol–water partition coefficient (Wildman–Crippen LogP) is 3.65. The van der Waals surface area contributed by atoms with Crippen LogP contribution in [-0.4, -0.2) is 9.97 Å². The highest BCUT2D eigenvalue weighted by Gasteiger charge is 2.27. The summed E-state index contributed by atoms with van der Waals surface area (Å²) in [5, 5.41) is 0. The van der Waals surface area contributed by atoms with E-state index in [9.17, 15) is 4.79 Å². The number of aromatic nitrogens is 2. The predicted molar refractivity (Wildman–Crippen MR) is 84.4 cm³/mol. The lowest BCUT2D eigenvalue weighted by Crippen LogP contribution is -2.24. The number of benzene rings is 1. The highest BCUT2D eigenvalue weighted by atomic mass is 16.5. The minimum absolute atomic E-state index is 0.159. The molecule has 1 N–H and O–H groups in total. The second-order valence-electron chi connectivity index (χ2n) is 5.09. The fraction of sp³-hybridized carbons (Fsp3) is 0.0588. The molecule has 2 aromatic heterocycles. The van der Waals surface area contributed by atoms with Gasteiger partial charge >= 0.3 is 0 Å². The molecule has 22 heavy (non-hydrogen) atoms. The Hall–Kier alpha value is -3.08. The summed E-state index contributed by atoms with van der Waals surface area (Å²) < 4.78 is 5.88. The third-order valence-corrected chi connectivity index (χ3v) is 3.56. The second-order valence-corrected chi connectivity index (χ2v) is 5.09. The highest BCUT2D eigenvalue weighted by molar-refractivity contribution is 5.83. The number of H-pyrrole nitrogens is 1. The first-order valence-corrected chi connectivity index (χ1v) is 6.96. The molecule has 108 valence electrons. The van der Waals surface area contributed by atoms with Crippen molar-refractivity contribution < 1.29 is 4.74 Å². The van der Waals surface area contributed by atoms with Gasteiger partial charge in [-0.2, -0.15) is 0 Å². The lowest BCUT2D eigenvalue weighted by Gasteiger charge is -2.30. The Morgan fingerprint density at radius 3 is 2.68 bits per heavy atom. The van der Waals surface area contributed by atoms with E-state index in [2.05, 4.69) is 9.97 Å². The van der Waals surface area contributed by atoms with Gasteiger partial charge < -0.3 is 9.72 Å². The lowest BCUT2D eigenvalue weighted by atomic mass is 10.2. The first kappa shape index (κ1) is 12.6. The van der Waals surface area contributed by atoms with Crippen molar-refractivity contribution in [3.63, 3.8) is 0 Å². The van der Waals surface area contributed by atoms with E-state index in [4.69, 9.17) is 4.74 Å². The third-order valence-electron chi connectivity index (χ3n) is 3.56. The van der Waals surface area contributed by atoms with Gasteiger partial charge in [-0.3, -0.25) is 9.69 Å². The number of pyridine rings is 2. The van der Waals surface area contributed by atoms with E-state index in [1.807, 2.05) is 54.3 Å². The number of nitrogens with one attached hydrogen (secondary N) is 1. The summed E-state index contributed by atoms with van der Waals surface area (Å²) in [6, 6.07) is 14.9. The number of nitrogens with zero attached hydrogens (tertiary/aromatic N) is 2. The molecule has 0 saturated carbocycles. The van der Waals surface area contributed by atoms with Crippen molar-refractivity contribution in [3.8, 4) is 11.5 Å². The zero-order valence-electron chi connectivity index (χ0n) is 11.9. The second kappa shape index (κ2) is 4.73. The van der Waals surface area contributed by atoms with Gasteiger partial charge in [0, 0.05) is 11.9 Å². The Morgan fingerprint density at radius 1 is 1.00 bits per heavy atom. The van der Waals surface area contributed by atoms with Gasteiger partial charge in [0.1, 0.15) is 5.69 Å². The van der Waals surface area contributed by atoms with Gasteiger partial charge in [0.05, 0.1) is 5.69 Å². The Bertz CT molecular complexity index is 872. The van der Waals surface area contributed by atoms with Crippen molar-refractivity contribution in [3.05, 3.63) is 70.8 Å². The number of aromatic amines is 1. The molecule has 1 aromatic carbocycles. The van der Waals surface area contributed by atoms with Gasteiger partial charge in [0.2, 0.25) is 0 Å². The molecule has 0 bridgehead atoms. The number of anilines is 3. The molecule has 5 heteroatoms. The monoisotopic (exact) mass is 291 g/mol. The summed E-state index contributed by atoms with van der Waals surface area (Å²) in [5.41, 5.74) is 1.97. The average Bonchev–Trinajstić information content (AvgIpc) is 2.53. The largest absolute Gasteiger partial charge is 0.451 e. The Kier molecular flexibility index (Phi) is 2.72. The Labute approximate surface area is 126 Å². The summed E-state index contributed by atoms with van der Waals surface area (Å²) >= 11 is 0. The molecule has 3 heterocycles. The van der Waals surface area contributed by atoms with Crippen molar-refractivity contribution in [1.29, 1.82) is 0 Å². The number of ether oxygens (including phenoxy) is 1. The quantitative estimate of drug-likeness (QED) is 0.581. The summed E-state index contributed by atoms with van der Waals surface area (Å²) in [7, 11) is 0. The molecule has 0 radical (unpaired) electrons. The van der Waals surface area contributed by atoms with Crippen LogP contribution in [0, 0.1) is 6.92 Å². The standard InChI is InChI=1S/C17H13N3O2/c1-11-8-9-13(17(21)19-11)20-12-5-2-3-6-14(12)22-15-7-4-10-18-16(15)20/h2-10H,1H3,(H,19,21). The molecule has 0 aliphatic carbocycles. The van der Waals surface area contributed by atoms with Crippen LogP contribution in [0.15, 0.2) is 59.5 Å². The first-order chi connectivity index (χ1) is 10.7. The van der Waals surface area contributed by atoms with Crippen LogP contribution in [0.2, 0.25) is 0 Å². The molecule has 0 atom stereocenters. The maximum Gasteiger partial charge on any atom is 0.272 e. The van der Waals surface area contributed by atoms with Gasteiger partial charge in [0.15, 0.2) is 17.3 Å². The fourth-order valence-corrected chi connectivity index (χ4v) is 2.57. The van der Waals surface area contributed by atoms with E-state index in [0.717, 1.165) is 11.4 Å². The number of aryl methyl sites for hydroxylation is 1. The van der Waals surface area contributed by atoms with Crippen molar-refractivity contribution in [2.24, 2.45) is 0 Å². The Morgan fingerprint density at radius 2 is 1.82 bits per heavy atom. The van der Waals surface area contributed by atoms with E-state index in [1.165, 1.54) is 0 Å². The molecule has 4 rings (SSSR count). The summed E-state index contributed by atoms with van der Waals surface area (Å²) in [4.78, 5) is 21.4. The van der Waals surface area contributed by atoms with Crippen LogP contribution in [-0.2, 0) is 0 Å². The Balaban J connectivity index is 2.00. The number of fused-ring (bicyclic) bond motifs is 2. The van der Waals surface area contributed by atoms with E-state index < -0.39 is 0 Å². The van der Waals surface area contributed by atoms with Crippen LogP contribution in [0.1, 0.15) is 5.69 Å². The molecule has 0 amide bonds. The average molecular weight is 291 g/mol. The number of rotatable bonds is 1. The molecule has 0 fully saturated rings. The highest BCUT2D eigenvalue weighted by Crippen LogP contribution is 2.47. The molecular formula is C17H13N3O2. The van der Waals surface area contributed by atoms with Crippen molar-refractivity contribution in [2.75, 3.05) is 4.90 Å². The molecule has 1 aliphatic heterocycles. The zero-order valence-corrected chi connectivity index (χ0v) is 11.9. The minimum atomic E-state index is -0.159. The fourth-order valence-electron chi connectivity index (χ4n) is 2.57. The molecular weight excluding hydrogens is 278 g/mol. The normalized spacial score (nSPS) is 12.3. The van der Waals surface area contributed by atoms with E-state index in [0.29, 0.717) is 23.0 Å². The summed E-state index contributed by atoms with van der Waals surface area (Å²) in [6.45, 7) is 1.85. The number of hydrogen-bond donors (Lipinski definition) is 1. The smallest absolute Gasteiger partial charge is 0.272 e. The van der Waals surface area contributed by atoms with Gasteiger partial charge in [-0.1, -0.05) is 12.1 Å². The molecule has 3 aromatic rings. The maximum atomic E-state index is 12.4. The lowest BCUT2D eigenvalue weighted by molar-refractivity contribution is 0.474. The molecule has 0 unspecified atom stereocenters. The van der Waals surface area contributed by atoms with Gasteiger partial charge in [-0.05, 0) is 43.3 Å². The van der Waals surface area contributed by atoms with Crippen LogP contribution < -0.4 is 15.2 Å². The van der Waals surface area contributed by atoms with Crippen LogP contribution in [0.3, 0.4) is 0 Å². The summed E-state index contributed by atoms with van der Waals surface area (Å²) in [6.07, 6.45) is 1.69. The van der Waals surface area contributed by atoms with Gasteiger partial charge in [-0.15, -0.1) is 0 Å². The van der Waals surface area contributed by atoms with Gasteiger partial charge in [-0.25, -0.2) is 4.98 Å². The third kappa shape index (κ3) is 1.87. The molecule has 0 saturated heterocycles. The van der Waals surface area contributed by atoms with E-state index >= 15 is 0 Å². The van der Waals surface area contributed by atoms with Crippen molar-refractivity contribution in [1.82, 2.24) is 9.97 Å². The SMILES string of the molecule is Cc1ccc(N2c3ccccc3Oc3cccnc32)c(=O)[nH]1. The van der Waals surface area contributed by atoms with Crippen LogP contribution in [0.4, 0.5) is 17.2 Å². The van der Waals surface area contributed by atoms with E-state index in [1.54, 1.807) is 12.3 Å². The maximum absolute atomic E-state index is 12.4. The number of para-hydroxylation sites is 2. The first-order valence-electron chi connectivity index (χ1n) is 6.96. The van der Waals surface area contributed by atoms with Crippen LogP contribution >= 0.6 is 0 Å². The van der Waals surface area contributed by atoms with Gasteiger partial charge in [0.25, 0.3) is 5.56 Å². The topological polar surface area (TPSA) is 58.2 Å². The summed E-state index contributed by atoms with van der Waals surface area (Å²) in [5.74, 6) is 1.93. The zero-order chi connectivity index (χ0) is 15.1. The molecule has 1 aliphatic rings. The van der Waals surface area contributed by atoms with Crippen molar-refractivity contribution in [2.45, 2.75) is 6.92 Å². The van der Waals surface area contributed by atoms with E-state index in [-0.39, 0.29) is 5.56 Å². The van der Waals surface area contributed by atoms with Crippen molar-refractivity contribution >= 4 is 17.2 Å². The molecule has 0 spiro atoms. The van der Waals surface area contributed by atoms with Crippen LogP contribution in [0.25, 0.3) is 0 Å². The molecule has 5 nitrogen and oxygen atoms in total. The number of hydrogen-bond acceptors (Lipinski definition) is 4.